The van der Waals surface area contributed by atoms with E-state index in [1.54, 1.807) is 6.07 Å². The van der Waals surface area contributed by atoms with Gasteiger partial charge in [0, 0.05) is 14.2 Å². The van der Waals surface area contributed by atoms with Gasteiger partial charge in [-0.3, -0.25) is 0 Å². The average molecular weight is 234 g/mol. The van der Waals surface area contributed by atoms with Crippen molar-refractivity contribution in [2.75, 3.05) is 20.8 Å². The molecule has 0 unspecified atom stereocenters. The molecule has 0 atom stereocenters. The summed E-state index contributed by atoms with van der Waals surface area (Å²) in [5.41, 5.74) is 0. The molecule has 0 bridgehead atoms. The van der Waals surface area contributed by atoms with E-state index < -0.39 is 7.32 Å². The molecular formula is C10H16BNaO4. The van der Waals surface area contributed by atoms with E-state index in [0.717, 1.165) is 0 Å². The normalized spacial score (nSPS) is 9.19. The molecule has 6 heteroatoms. The fraction of sp³-hybridized carbons (Fsp3) is 0.400. The molecule has 0 fully saturated rings. The van der Waals surface area contributed by atoms with Gasteiger partial charge in [-0.1, -0.05) is 12.1 Å². The zero-order chi connectivity index (χ0) is 11.1. The summed E-state index contributed by atoms with van der Waals surface area (Å²) in [5, 5.41) is 0. The molecule has 84 valence electrons. The third kappa shape index (κ3) is 4.76. The van der Waals surface area contributed by atoms with E-state index in [1.165, 1.54) is 14.2 Å². The predicted octanol–water partition coefficient (Wildman–Crippen LogP) is -1.14. The van der Waals surface area contributed by atoms with E-state index in [0.29, 0.717) is 18.1 Å². The van der Waals surface area contributed by atoms with Crippen molar-refractivity contribution in [3.63, 3.8) is 0 Å². The molecule has 4 nitrogen and oxygen atoms in total. The molecule has 1 aromatic carbocycles. The van der Waals surface area contributed by atoms with Crippen LogP contribution in [0.2, 0.25) is 0 Å². The molecule has 1 aromatic rings. The van der Waals surface area contributed by atoms with Gasteiger partial charge in [0.2, 0.25) is 0 Å². The van der Waals surface area contributed by atoms with Crippen LogP contribution in [0.1, 0.15) is 8.35 Å². The van der Waals surface area contributed by atoms with E-state index >= 15 is 0 Å². The summed E-state index contributed by atoms with van der Waals surface area (Å²) in [6, 6.07) is 7.38. The van der Waals surface area contributed by atoms with Crippen molar-refractivity contribution in [1.82, 2.24) is 0 Å². The first-order valence-electron chi connectivity index (χ1n) is 4.75. The fourth-order valence-corrected chi connectivity index (χ4v) is 1.12. The topological polar surface area (TPSA) is 36.9 Å². The summed E-state index contributed by atoms with van der Waals surface area (Å²) in [4.78, 5) is 0. The van der Waals surface area contributed by atoms with E-state index in [9.17, 15) is 0 Å². The Morgan fingerprint density at radius 3 is 2.19 bits per heavy atom. The van der Waals surface area contributed by atoms with Gasteiger partial charge in [-0.05, 0) is 19.1 Å². The smallest absolute Gasteiger partial charge is 1.00 e. The molecule has 0 spiro atoms. The Kier molecular flexibility index (Phi) is 8.79. The van der Waals surface area contributed by atoms with Crippen molar-refractivity contribution in [2.24, 2.45) is 0 Å². The molecule has 0 aliphatic carbocycles. The predicted molar refractivity (Wildman–Crippen MR) is 59.1 cm³/mol. The summed E-state index contributed by atoms with van der Waals surface area (Å²) < 4.78 is 20.7. The minimum Gasteiger partial charge on any atom is -1.00 e. The van der Waals surface area contributed by atoms with Crippen LogP contribution in [0.3, 0.4) is 0 Å². The maximum atomic E-state index is 5.43. The van der Waals surface area contributed by atoms with Crippen molar-refractivity contribution in [1.29, 1.82) is 0 Å². The van der Waals surface area contributed by atoms with Crippen molar-refractivity contribution < 1.29 is 49.7 Å². The third-order valence-corrected chi connectivity index (χ3v) is 1.76. The number of hydrogen-bond donors (Lipinski definition) is 0. The van der Waals surface area contributed by atoms with Gasteiger partial charge in [-0.15, -0.1) is 0 Å². The van der Waals surface area contributed by atoms with Gasteiger partial charge >= 0.3 is 36.9 Å². The van der Waals surface area contributed by atoms with Gasteiger partial charge in [0.25, 0.3) is 0 Å². The molecule has 0 saturated carbocycles. The standard InChI is InChI=1S/C10H15BO4.Na.H/c1-4-14-9-7-5-6-8-10(9)15-11(12-2)13-3;;/h5-8H,4H2,1-3H3;;/q;+1;-1. The van der Waals surface area contributed by atoms with Crippen LogP contribution in [0.15, 0.2) is 24.3 Å². The Bertz CT molecular complexity index is 299. The Hall–Kier alpha value is -0.195. The molecule has 0 aromatic heterocycles. The molecule has 1 rings (SSSR count). The molecule has 0 aliphatic rings. The molecule has 0 saturated heterocycles. The molecule has 0 amide bonds. The quantitative estimate of drug-likeness (QED) is 0.583. The van der Waals surface area contributed by atoms with E-state index in [4.69, 9.17) is 18.7 Å². The minimum absolute atomic E-state index is 0. The molecule has 0 heterocycles. The summed E-state index contributed by atoms with van der Waals surface area (Å²) >= 11 is 0. The Balaban J connectivity index is 0. The second-order valence-electron chi connectivity index (χ2n) is 2.76. The van der Waals surface area contributed by atoms with Crippen LogP contribution < -0.4 is 38.9 Å². The number of ether oxygens (including phenoxy) is 1. The first-order valence-corrected chi connectivity index (χ1v) is 4.75. The number of hydrogen-bond acceptors (Lipinski definition) is 4. The van der Waals surface area contributed by atoms with Crippen LogP contribution >= 0.6 is 0 Å². The van der Waals surface area contributed by atoms with Crippen LogP contribution in [0.4, 0.5) is 0 Å². The van der Waals surface area contributed by atoms with Gasteiger partial charge in [-0.25, -0.2) is 0 Å². The van der Waals surface area contributed by atoms with Crippen LogP contribution in [0, 0.1) is 0 Å². The maximum Gasteiger partial charge on any atom is 1.00 e. The Morgan fingerprint density at radius 1 is 1.12 bits per heavy atom. The van der Waals surface area contributed by atoms with Gasteiger partial charge in [0.15, 0.2) is 5.75 Å². The summed E-state index contributed by atoms with van der Waals surface area (Å²) in [7, 11) is 2.31. The number of para-hydroxylation sites is 2. The van der Waals surface area contributed by atoms with E-state index in [1.807, 2.05) is 25.1 Å². The summed E-state index contributed by atoms with van der Waals surface area (Å²) in [6.07, 6.45) is 0. The number of benzene rings is 1. The largest absolute Gasteiger partial charge is 1.00 e. The van der Waals surface area contributed by atoms with Crippen LogP contribution in [0.25, 0.3) is 0 Å². The van der Waals surface area contributed by atoms with Gasteiger partial charge in [0.05, 0.1) is 6.61 Å². The zero-order valence-electron chi connectivity index (χ0n) is 11.2. The average Bonchev–Trinajstić information content (AvgIpc) is 2.28. The first kappa shape index (κ1) is 15.8. The molecule has 0 aliphatic heterocycles. The molecule has 0 N–H and O–H groups in total. The van der Waals surface area contributed by atoms with Gasteiger partial charge < -0.3 is 20.1 Å². The first-order chi connectivity index (χ1) is 7.31. The second kappa shape index (κ2) is 8.90. The van der Waals surface area contributed by atoms with Gasteiger partial charge in [-0.2, -0.15) is 0 Å². The van der Waals surface area contributed by atoms with E-state index in [2.05, 4.69) is 0 Å². The van der Waals surface area contributed by atoms with Crippen molar-refractivity contribution >= 4 is 7.32 Å². The van der Waals surface area contributed by atoms with Crippen molar-refractivity contribution in [3.05, 3.63) is 24.3 Å². The maximum absolute atomic E-state index is 5.43. The second-order valence-corrected chi connectivity index (χ2v) is 2.76. The monoisotopic (exact) mass is 234 g/mol. The molecule has 16 heavy (non-hydrogen) atoms. The third-order valence-electron chi connectivity index (χ3n) is 1.76. The minimum atomic E-state index is -0.716. The van der Waals surface area contributed by atoms with Crippen LogP contribution in [-0.4, -0.2) is 28.1 Å². The fourth-order valence-electron chi connectivity index (χ4n) is 1.12. The summed E-state index contributed by atoms with van der Waals surface area (Å²) in [6.45, 7) is 2.51. The molecular weight excluding hydrogens is 218 g/mol. The van der Waals surface area contributed by atoms with Crippen LogP contribution in [0.5, 0.6) is 11.5 Å². The SMILES string of the molecule is CCOc1ccccc1OB(OC)OC.[H-].[Na+]. The van der Waals surface area contributed by atoms with E-state index in [-0.39, 0.29) is 31.0 Å². The van der Waals surface area contributed by atoms with Crippen LogP contribution in [-0.2, 0) is 9.31 Å². The number of rotatable bonds is 6. The summed E-state index contributed by atoms with van der Waals surface area (Å²) in [5.74, 6) is 1.28. The zero-order valence-corrected chi connectivity index (χ0v) is 12.2. The van der Waals surface area contributed by atoms with Crippen molar-refractivity contribution in [3.8, 4) is 11.5 Å². The molecule has 0 radical (unpaired) electrons. The van der Waals surface area contributed by atoms with Crippen molar-refractivity contribution in [2.45, 2.75) is 6.92 Å². The Labute approximate surface area is 120 Å². The van der Waals surface area contributed by atoms with Gasteiger partial charge in [0.1, 0.15) is 5.75 Å². The Morgan fingerprint density at radius 2 is 1.69 bits per heavy atom.